The second-order valence-electron chi connectivity index (χ2n) is 6.02. The van der Waals surface area contributed by atoms with Crippen molar-refractivity contribution in [3.05, 3.63) is 28.3 Å². The number of nitrogens with zero attached hydrogens (tertiary/aromatic N) is 3. The van der Waals surface area contributed by atoms with Gasteiger partial charge in [-0.15, -0.1) is 0 Å². The number of fused-ring (bicyclic) bond motifs is 1. The number of halogens is 3. The summed E-state index contributed by atoms with van der Waals surface area (Å²) < 4.78 is 44.8. The first-order chi connectivity index (χ1) is 10.9. The molecule has 0 unspecified atom stereocenters. The zero-order chi connectivity index (χ0) is 18.3. The zero-order valence-electron chi connectivity index (χ0n) is 13.4. The van der Waals surface area contributed by atoms with Gasteiger partial charge in [-0.3, -0.25) is 10.1 Å². The number of nitrogens with one attached hydrogen (secondary N) is 1. The van der Waals surface area contributed by atoms with Crippen LogP contribution in [-0.2, 0) is 18.0 Å². The quantitative estimate of drug-likeness (QED) is 0.860. The third kappa shape index (κ3) is 3.81. The lowest BCUT2D eigenvalue weighted by Crippen LogP contribution is -2.29. The van der Waals surface area contributed by atoms with E-state index in [0.29, 0.717) is 6.07 Å². The molecule has 2 aromatic heterocycles. The van der Waals surface area contributed by atoms with Crippen LogP contribution < -0.4 is 10.9 Å². The first-order valence-electron chi connectivity index (χ1n) is 6.83. The Labute approximate surface area is 134 Å². The molecule has 0 atom stereocenters. The van der Waals surface area contributed by atoms with Crippen molar-refractivity contribution in [1.29, 1.82) is 0 Å². The maximum absolute atomic E-state index is 13.0. The number of amides is 1. The monoisotopic (exact) mass is 344 g/mol. The van der Waals surface area contributed by atoms with Gasteiger partial charge in [0.15, 0.2) is 0 Å². The van der Waals surface area contributed by atoms with Crippen molar-refractivity contribution in [3.63, 3.8) is 0 Å². The van der Waals surface area contributed by atoms with Gasteiger partial charge in [0, 0.05) is 12.4 Å². The highest BCUT2D eigenvalue weighted by molar-refractivity contribution is 5.97. The van der Waals surface area contributed by atoms with E-state index in [-0.39, 0.29) is 10.8 Å². The Hall–Kier alpha value is -2.65. The van der Waals surface area contributed by atoms with Gasteiger partial charge in [-0.25, -0.2) is 14.5 Å². The van der Waals surface area contributed by atoms with E-state index in [2.05, 4.69) is 15.4 Å². The van der Waals surface area contributed by atoms with Crippen LogP contribution in [0.3, 0.4) is 0 Å². The Kier molecular flexibility index (Phi) is 4.25. The maximum Gasteiger partial charge on any atom is 0.433 e. The molecule has 0 radical (unpaired) electrons. The molecular formula is C14H15F3N4O3. The molecule has 2 aromatic rings. The molecule has 7 nitrogen and oxygen atoms in total. The Balaban J connectivity index is 2.63. The van der Waals surface area contributed by atoms with E-state index in [1.54, 1.807) is 20.8 Å². The highest BCUT2D eigenvalue weighted by Crippen LogP contribution is 2.31. The van der Waals surface area contributed by atoms with E-state index in [1.807, 2.05) is 0 Å². The van der Waals surface area contributed by atoms with Crippen molar-refractivity contribution in [2.75, 3.05) is 5.32 Å². The minimum absolute atomic E-state index is 0.0912. The van der Waals surface area contributed by atoms with Gasteiger partial charge in [0.25, 0.3) is 5.56 Å². The van der Waals surface area contributed by atoms with Gasteiger partial charge < -0.3 is 4.74 Å². The number of aryl methyl sites for hydroxylation is 1. The van der Waals surface area contributed by atoms with Crippen molar-refractivity contribution < 1.29 is 22.7 Å². The Morgan fingerprint density at radius 3 is 2.46 bits per heavy atom. The molecule has 0 aliphatic heterocycles. The summed E-state index contributed by atoms with van der Waals surface area (Å²) in [4.78, 5) is 27.4. The minimum atomic E-state index is -4.75. The molecular weight excluding hydrogens is 329 g/mol. The lowest BCUT2D eigenvalue weighted by atomic mass is 10.2. The Morgan fingerprint density at radius 2 is 1.92 bits per heavy atom. The number of ether oxygens (including phenoxy) is 1. The first kappa shape index (κ1) is 17.7. The van der Waals surface area contributed by atoms with Crippen LogP contribution in [0.5, 0.6) is 0 Å². The standard InChI is InChI=1S/C14H15F3N4O3/c1-13(2,3)24-12(23)20-10-9-7(6-18-21(4)11(9)22)5-8(19-10)14(15,16)17/h5-6H,1-4H3,(H,19,20,23). The van der Waals surface area contributed by atoms with Gasteiger partial charge in [0.2, 0.25) is 0 Å². The van der Waals surface area contributed by atoms with E-state index >= 15 is 0 Å². The van der Waals surface area contributed by atoms with Gasteiger partial charge in [-0.1, -0.05) is 0 Å². The van der Waals surface area contributed by atoms with Gasteiger partial charge >= 0.3 is 12.3 Å². The number of carbonyl (C=O) groups excluding carboxylic acids is 1. The third-order valence-electron chi connectivity index (χ3n) is 2.84. The summed E-state index contributed by atoms with van der Waals surface area (Å²) in [5, 5.41) is 5.50. The van der Waals surface area contributed by atoms with E-state index in [9.17, 15) is 22.8 Å². The summed E-state index contributed by atoms with van der Waals surface area (Å²) in [6, 6.07) is 0.698. The van der Waals surface area contributed by atoms with Crippen LogP contribution in [0.25, 0.3) is 10.8 Å². The normalized spacial score (nSPS) is 12.3. The van der Waals surface area contributed by atoms with Crippen molar-refractivity contribution in [2.24, 2.45) is 7.05 Å². The molecule has 0 aliphatic carbocycles. The molecule has 0 saturated carbocycles. The fraction of sp³-hybridized carbons (Fsp3) is 0.429. The summed E-state index contributed by atoms with van der Waals surface area (Å²) in [5.74, 6) is -0.530. The highest BCUT2D eigenvalue weighted by Gasteiger charge is 2.34. The van der Waals surface area contributed by atoms with Crippen molar-refractivity contribution >= 4 is 22.7 Å². The molecule has 10 heteroatoms. The van der Waals surface area contributed by atoms with E-state index < -0.39 is 34.9 Å². The van der Waals surface area contributed by atoms with Gasteiger partial charge in [0.05, 0.1) is 11.6 Å². The van der Waals surface area contributed by atoms with E-state index in [1.165, 1.54) is 7.05 Å². The first-order valence-corrected chi connectivity index (χ1v) is 6.83. The number of carbonyl (C=O) groups is 1. The fourth-order valence-electron chi connectivity index (χ4n) is 1.89. The number of alkyl halides is 3. The van der Waals surface area contributed by atoms with Crippen LogP contribution >= 0.6 is 0 Å². The Bertz CT molecular complexity index is 853. The van der Waals surface area contributed by atoms with Crippen LogP contribution in [0.15, 0.2) is 17.1 Å². The predicted molar refractivity (Wildman–Crippen MR) is 79.6 cm³/mol. The lowest BCUT2D eigenvalue weighted by Gasteiger charge is -2.20. The van der Waals surface area contributed by atoms with Crippen molar-refractivity contribution in [2.45, 2.75) is 32.5 Å². The van der Waals surface area contributed by atoms with Gasteiger partial charge in [-0.05, 0) is 26.8 Å². The molecule has 2 rings (SSSR count). The van der Waals surface area contributed by atoms with Crippen LogP contribution in [0, 0.1) is 0 Å². The summed E-state index contributed by atoms with van der Waals surface area (Å²) in [6.07, 6.45) is -4.68. The summed E-state index contributed by atoms with van der Waals surface area (Å²) >= 11 is 0. The smallest absolute Gasteiger partial charge is 0.433 e. The number of aromatic nitrogens is 3. The highest BCUT2D eigenvalue weighted by atomic mass is 19.4. The van der Waals surface area contributed by atoms with Crippen molar-refractivity contribution in [1.82, 2.24) is 14.8 Å². The number of hydrogen-bond acceptors (Lipinski definition) is 5. The summed E-state index contributed by atoms with van der Waals surface area (Å²) in [7, 11) is 1.33. The van der Waals surface area contributed by atoms with Gasteiger partial charge in [-0.2, -0.15) is 18.3 Å². The SMILES string of the molecule is Cn1ncc2cc(C(F)(F)F)nc(NC(=O)OC(C)(C)C)c2c1=O. The molecule has 2 heterocycles. The molecule has 0 bridgehead atoms. The second-order valence-corrected chi connectivity index (χ2v) is 6.02. The van der Waals surface area contributed by atoms with Crippen molar-refractivity contribution in [3.8, 4) is 0 Å². The number of hydrogen-bond donors (Lipinski definition) is 1. The number of rotatable bonds is 1. The lowest BCUT2D eigenvalue weighted by molar-refractivity contribution is -0.141. The number of anilines is 1. The molecule has 0 saturated heterocycles. The molecule has 0 aromatic carbocycles. The average Bonchev–Trinajstić information content (AvgIpc) is 2.39. The third-order valence-corrected chi connectivity index (χ3v) is 2.84. The topological polar surface area (TPSA) is 86.1 Å². The predicted octanol–water partition coefficient (Wildman–Crippen LogP) is 2.69. The van der Waals surface area contributed by atoms with Crippen LogP contribution in [-0.4, -0.2) is 26.5 Å². The summed E-state index contributed by atoms with van der Waals surface area (Å²) in [6.45, 7) is 4.77. The molecule has 1 N–H and O–H groups in total. The van der Waals surface area contributed by atoms with Gasteiger partial charge in [0.1, 0.15) is 17.1 Å². The summed E-state index contributed by atoms with van der Waals surface area (Å²) in [5.41, 5.74) is -2.82. The second kappa shape index (κ2) is 5.77. The largest absolute Gasteiger partial charge is 0.444 e. The maximum atomic E-state index is 13.0. The van der Waals surface area contributed by atoms with Crippen LogP contribution in [0.4, 0.5) is 23.8 Å². The van der Waals surface area contributed by atoms with E-state index in [0.717, 1.165) is 10.9 Å². The molecule has 0 spiro atoms. The van der Waals surface area contributed by atoms with Crippen LogP contribution in [0.1, 0.15) is 26.5 Å². The molecule has 130 valence electrons. The average molecular weight is 344 g/mol. The zero-order valence-corrected chi connectivity index (χ0v) is 13.4. The molecule has 0 aliphatic rings. The molecule has 0 fully saturated rings. The van der Waals surface area contributed by atoms with Crippen LogP contribution in [0.2, 0.25) is 0 Å². The Morgan fingerprint density at radius 1 is 1.29 bits per heavy atom. The minimum Gasteiger partial charge on any atom is -0.444 e. The molecule has 1 amide bonds. The fourth-order valence-corrected chi connectivity index (χ4v) is 1.89. The number of pyridine rings is 1. The van der Waals surface area contributed by atoms with E-state index in [4.69, 9.17) is 4.74 Å². The molecule has 24 heavy (non-hydrogen) atoms.